The highest BCUT2D eigenvalue weighted by Crippen LogP contribution is 2.38. The molecule has 2 fully saturated rings. The highest BCUT2D eigenvalue weighted by atomic mass is 32.1. The van der Waals surface area contributed by atoms with Gasteiger partial charge in [0, 0.05) is 18.2 Å². The number of nitrogens with zero attached hydrogens (tertiary/aromatic N) is 1. The fourth-order valence-electron chi connectivity index (χ4n) is 2.66. The van der Waals surface area contributed by atoms with E-state index in [-0.39, 0.29) is 11.2 Å². The zero-order chi connectivity index (χ0) is 11.1. The number of carboxylic acid groups (broad SMARTS) is 1. The molecule has 1 amide bonds. The first-order valence-corrected chi connectivity index (χ1v) is 5.80. The number of aliphatic carboxylic acids is 1. The normalized spacial score (nSPS) is 29.8. The van der Waals surface area contributed by atoms with Crippen molar-refractivity contribution >= 4 is 24.5 Å². The Labute approximate surface area is 94.0 Å². The lowest BCUT2D eigenvalue weighted by Crippen LogP contribution is -2.53. The molecule has 15 heavy (non-hydrogen) atoms. The van der Waals surface area contributed by atoms with Crippen molar-refractivity contribution in [3.8, 4) is 0 Å². The summed E-state index contributed by atoms with van der Waals surface area (Å²) in [7, 11) is 0. The second-order valence-corrected chi connectivity index (χ2v) is 5.14. The van der Waals surface area contributed by atoms with Crippen LogP contribution in [0.4, 0.5) is 0 Å². The summed E-state index contributed by atoms with van der Waals surface area (Å²) in [5.41, 5.74) is -0.922. The van der Waals surface area contributed by atoms with Gasteiger partial charge >= 0.3 is 5.97 Å². The molecule has 2 rings (SSSR count). The largest absolute Gasteiger partial charge is 0.479 e. The Hall–Kier alpha value is -0.710. The van der Waals surface area contributed by atoms with Crippen LogP contribution in [0.25, 0.3) is 0 Å². The van der Waals surface area contributed by atoms with Gasteiger partial charge < -0.3 is 10.0 Å². The van der Waals surface area contributed by atoms with Crippen molar-refractivity contribution in [3.05, 3.63) is 0 Å². The Bertz CT molecular complexity index is 299. The van der Waals surface area contributed by atoms with Crippen molar-refractivity contribution in [1.82, 2.24) is 4.90 Å². The maximum Gasteiger partial charge on any atom is 0.329 e. The molecular formula is C10H15NO3S. The number of carbonyl (C=O) groups excluding carboxylic acids is 1. The molecule has 0 aromatic rings. The zero-order valence-corrected chi connectivity index (χ0v) is 9.37. The summed E-state index contributed by atoms with van der Waals surface area (Å²) in [5.74, 6) is -0.907. The number of likely N-dealkylation sites (tertiary alicyclic amines) is 1. The molecule has 2 aliphatic rings. The molecular weight excluding hydrogens is 214 g/mol. The lowest BCUT2D eigenvalue weighted by Gasteiger charge is -2.34. The molecule has 5 heteroatoms. The number of thiol groups is 1. The minimum Gasteiger partial charge on any atom is -0.479 e. The first-order chi connectivity index (χ1) is 7.06. The molecule has 1 N–H and O–H groups in total. The van der Waals surface area contributed by atoms with Crippen LogP contribution >= 0.6 is 12.6 Å². The second kappa shape index (κ2) is 3.70. The quantitative estimate of drug-likeness (QED) is 0.692. The van der Waals surface area contributed by atoms with Gasteiger partial charge in [-0.15, -0.1) is 0 Å². The SMILES string of the molecule is O=C1CC(S)CN1C1(C(=O)O)CCCC1. The minimum absolute atomic E-state index is 0.00525. The molecule has 1 unspecified atom stereocenters. The van der Waals surface area contributed by atoms with Crippen LogP contribution in [0.1, 0.15) is 32.1 Å². The summed E-state index contributed by atoms with van der Waals surface area (Å²) in [4.78, 5) is 24.6. The average Bonchev–Trinajstić information content (AvgIpc) is 2.72. The number of amides is 1. The minimum atomic E-state index is -0.922. The molecule has 84 valence electrons. The van der Waals surface area contributed by atoms with Gasteiger partial charge in [0.05, 0.1) is 0 Å². The van der Waals surface area contributed by atoms with Gasteiger partial charge in [0.15, 0.2) is 0 Å². The fraction of sp³-hybridized carbons (Fsp3) is 0.800. The Balaban J connectivity index is 2.26. The summed E-state index contributed by atoms with van der Waals surface area (Å²) in [5, 5.41) is 9.30. The predicted octanol–water partition coefficient (Wildman–Crippen LogP) is 0.914. The lowest BCUT2D eigenvalue weighted by molar-refractivity contribution is -0.156. The van der Waals surface area contributed by atoms with E-state index in [1.54, 1.807) is 4.90 Å². The van der Waals surface area contributed by atoms with Crippen molar-refractivity contribution in [2.75, 3.05) is 6.54 Å². The Morgan fingerprint density at radius 1 is 1.47 bits per heavy atom. The highest BCUT2D eigenvalue weighted by Gasteiger charge is 2.51. The number of hydrogen-bond acceptors (Lipinski definition) is 3. The third kappa shape index (κ3) is 1.62. The van der Waals surface area contributed by atoms with Crippen LogP contribution in [-0.4, -0.2) is 39.2 Å². The number of hydrogen-bond donors (Lipinski definition) is 2. The molecule has 4 nitrogen and oxygen atoms in total. The summed E-state index contributed by atoms with van der Waals surface area (Å²) in [6, 6.07) is 0. The second-order valence-electron chi connectivity index (χ2n) is 4.41. The molecule has 1 saturated heterocycles. The standard InChI is InChI=1S/C10H15NO3S/c12-8-5-7(15)6-11(8)10(9(13)14)3-1-2-4-10/h7,15H,1-6H2,(H,13,14). The first-order valence-electron chi connectivity index (χ1n) is 5.28. The average molecular weight is 229 g/mol. The first kappa shape index (κ1) is 10.8. The van der Waals surface area contributed by atoms with E-state index in [1.165, 1.54) is 0 Å². The van der Waals surface area contributed by atoms with Gasteiger partial charge in [-0.1, -0.05) is 12.8 Å². The smallest absolute Gasteiger partial charge is 0.329 e. The van der Waals surface area contributed by atoms with Crippen molar-refractivity contribution < 1.29 is 14.7 Å². The van der Waals surface area contributed by atoms with E-state index in [1.807, 2.05) is 0 Å². The van der Waals surface area contributed by atoms with E-state index in [0.29, 0.717) is 25.8 Å². The van der Waals surface area contributed by atoms with E-state index in [0.717, 1.165) is 12.8 Å². The summed E-state index contributed by atoms with van der Waals surface area (Å²) >= 11 is 4.25. The van der Waals surface area contributed by atoms with Crippen LogP contribution in [-0.2, 0) is 9.59 Å². The van der Waals surface area contributed by atoms with Crippen LogP contribution in [0.15, 0.2) is 0 Å². The Kier molecular flexibility index (Phi) is 2.66. The maximum atomic E-state index is 11.7. The summed E-state index contributed by atoms with van der Waals surface area (Å²) in [6.07, 6.45) is 3.35. The lowest BCUT2D eigenvalue weighted by atomic mass is 9.95. The van der Waals surface area contributed by atoms with E-state index >= 15 is 0 Å². The van der Waals surface area contributed by atoms with E-state index < -0.39 is 11.5 Å². The predicted molar refractivity (Wildman–Crippen MR) is 57.9 cm³/mol. The number of carbonyl (C=O) groups is 2. The zero-order valence-electron chi connectivity index (χ0n) is 8.48. The fourth-order valence-corrected chi connectivity index (χ4v) is 2.98. The van der Waals surface area contributed by atoms with Crippen molar-refractivity contribution in [2.24, 2.45) is 0 Å². The highest BCUT2D eigenvalue weighted by molar-refractivity contribution is 7.81. The van der Waals surface area contributed by atoms with Gasteiger partial charge in [0.25, 0.3) is 0 Å². The van der Waals surface area contributed by atoms with Gasteiger partial charge in [-0.25, -0.2) is 4.79 Å². The van der Waals surface area contributed by atoms with Gasteiger partial charge in [0.1, 0.15) is 5.54 Å². The van der Waals surface area contributed by atoms with E-state index in [4.69, 9.17) is 0 Å². The van der Waals surface area contributed by atoms with Gasteiger partial charge in [0.2, 0.25) is 5.91 Å². The van der Waals surface area contributed by atoms with Crippen molar-refractivity contribution in [2.45, 2.75) is 42.9 Å². The van der Waals surface area contributed by atoms with Gasteiger partial charge in [-0.05, 0) is 12.8 Å². The Morgan fingerprint density at radius 3 is 2.47 bits per heavy atom. The summed E-state index contributed by atoms with van der Waals surface area (Å²) in [6.45, 7) is 0.480. The van der Waals surface area contributed by atoms with Crippen molar-refractivity contribution in [3.63, 3.8) is 0 Å². The van der Waals surface area contributed by atoms with Crippen LogP contribution < -0.4 is 0 Å². The van der Waals surface area contributed by atoms with Crippen LogP contribution in [0.5, 0.6) is 0 Å². The van der Waals surface area contributed by atoms with Crippen LogP contribution in [0, 0.1) is 0 Å². The third-order valence-corrected chi connectivity index (χ3v) is 3.80. The topological polar surface area (TPSA) is 57.6 Å². The molecule has 0 spiro atoms. The monoisotopic (exact) mass is 229 g/mol. The molecule has 0 radical (unpaired) electrons. The van der Waals surface area contributed by atoms with Crippen LogP contribution in [0.2, 0.25) is 0 Å². The molecule has 1 heterocycles. The van der Waals surface area contributed by atoms with Crippen LogP contribution in [0.3, 0.4) is 0 Å². The maximum absolute atomic E-state index is 11.7. The molecule has 1 saturated carbocycles. The summed E-state index contributed by atoms with van der Waals surface area (Å²) < 4.78 is 0. The molecule has 0 aromatic heterocycles. The number of carboxylic acids is 1. The van der Waals surface area contributed by atoms with Gasteiger partial charge in [-0.3, -0.25) is 4.79 Å². The third-order valence-electron chi connectivity index (χ3n) is 3.45. The molecule has 1 aliphatic carbocycles. The molecule has 1 atom stereocenters. The molecule has 1 aliphatic heterocycles. The van der Waals surface area contributed by atoms with Gasteiger partial charge in [-0.2, -0.15) is 12.6 Å². The van der Waals surface area contributed by atoms with E-state index in [2.05, 4.69) is 12.6 Å². The van der Waals surface area contributed by atoms with Crippen molar-refractivity contribution in [1.29, 1.82) is 0 Å². The van der Waals surface area contributed by atoms with E-state index in [9.17, 15) is 14.7 Å². The molecule has 0 bridgehead atoms. The molecule has 0 aromatic carbocycles. The Morgan fingerprint density at radius 2 is 2.07 bits per heavy atom. The number of rotatable bonds is 2.